The van der Waals surface area contributed by atoms with E-state index in [0.29, 0.717) is 5.92 Å². The number of anilines is 2. The van der Waals surface area contributed by atoms with Crippen LogP contribution < -0.4 is 10.6 Å². The van der Waals surface area contributed by atoms with Crippen molar-refractivity contribution in [1.82, 2.24) is 9.97 Å². The summed E-state index contributed by atoms with van der Waals surface area (Å²) in [6.07, 6.45) is 2.44. The van der Waals surface area contributed by atoms with Gasteiger partial charge in [-0.3, -0.25) is 0 Å². The molecule has 2 aromatic heterocycles. The van der Waals surface area contributed by atoms with Gasteiger partial charge in [-0.05, 0) is 42.2 Å². The summed E-state index contributed by atoms with van der Waals surface area (Å²) in [7, 11) is 0. The lowest BCUT2D eigenvalue weighted by Crippen LogP contribution is -2.07. The lowest BCUT2D eigenvalue weighted by atomic mass is 10.3. The quantitative estimate of drug-likeness (QED) is 0.847. The summed E-state index contributed by atoms with van der Waals surface area (Å²) in [6.45, 7) is 3.78. The average Bonchev–Trinajstić information content (AvgIpc) is 3.14. The topological polar surface area (TPSA) is 49.8 Å². The van der Waals surface area contributed by atoms with Crippen LogP contribution in [0.1, 0.15) is 37.1 Å². The Morgan fingerprint density at radius 3 is 2.68 bits per heavy atom. The Morgan fingerprint density at radius 1 is 1.26 bits per heavy atom. The lowest BCUT2D eigenvalue weighted by Gasteiger charge is -2.10. The maximum Gasteiger partial charge on any atom is 0.136 e. The lowest BCUT2D eigenvalue weighted by molar-refractivity contribution is 0.919. The molecule has 0 aromatic carbocycles. The second kappa shape index (κ2) is 5.57. The van der Waals surface area contributed by atoms with Crippen LogP contribution in [0.4, 0.5) is 11.6 Å². The summed E-state index contributed by atoms with van der Waals surface area (Å²) >= 11 is 1.72. The van der Waals surface area contributed by atoms with Crippen LogP contribution in [0, 0.1) is 0 Å². The number of thiophene rings is 1. The Bertz CT molecular complexity index is 534. The number of aromatic nitrogens is 2. The Balaban J connectivity index is 1.74. The van der Waals surface area contributed by atoms with Crippen molar-refractivity contribution in [1.29, 1.82) is 0 Å². The Morgan fingerprint density at radius 2 is 2.05 bits per heavy atom. The van der Waals surface area contributed by atoms with Crippen molar-refractivity contribution in [3.05, 3.63) is 34.3 Å². The number of hydrogen-bond acceptors (Lipinski definition) is 5. The number of rotatable bonds is 6. The zero-order valence-corrected chi connectivity index (χ0v) is 11.8. The summed E-state index contributed by atoms with van der Waals surface area (Å²) < 4.78 is 0. The first-order valence-electron chi connectivity index (χ1n) is 6.73. The first-order valence-corrected chi connectivity index (χ1v) is 7.67. The minimum Gasteiger partial charge on any atom is -0.370 e. The fourth-order valence-electron chi connectivity index (χ4n) is 1.94. The van der Waals surface area contributed by atoms with Crippen molar-refractivity contribution >= 4 is 23.0 Å². The molecule has 0 unspecified atom stereocenters. The molecule has 2 aromatic rings. The predicted octanol–water partition coefficient (Wildman–Crippen LogP) is 3.46. The summed E-state index contributed by atoms with van der Waals surface area (Å²) in [5, 5.41) is 10.9. The van der Waals surface area contributed by atoms with Crippen molar-refractivity contribution in [2.75, 3.05) is 17.2 Å². The van der Waals surface area contributed by atoms with Gasteiger partial charge in [0.2, 0.25) is 0 Å². The zero-order valence-electron chi connectivity index (χ0n) is 11.0. The van der Waals surface area contributed by atoms with Gasteiger partial charge in [-0.25, -0.2) is 9.97 Å². The van der Waals surface area contributed by atoms with Gasteiger partial charge < -0.3 is 10.6 Å². The molecule has 0 atom stereocenters. The molecule has 100 valence electrons. The van der Waals surface area contributed by atoms with Crippen LogP contribution in [-0.4, -0.2) is 16.5 Å². The van der Waals surface area contributed by atoms with Crippen LogP contribution in [0.25, 0.3) is 0 Å². The molecule has 3 rings (SSSR count). The van der Waals surface area contributed by atoms with Crippen molar-refractivity contribution < 1.29 is 0 Å². The zero-order chi connectivity index (χ0) is 13.1. The van der Waals surface area contributed by atoms with Crippen LogP contribution in [-0.2, 0) is 6.54 Å². The Kier molecular flexibility index (Phi) is 3.64. The van der Waals surface area contributed by atoms with Crippen molar-refractivity contribution in [2.45, 2.75) is 32.2 Å². The highest BCUT2D eigenvalue weighted by molar-refractivity contribution is 7.07. The molecule has 1 saturated carbocycles. The highest BCUT2D eigenvalue weighted by Crippen LogP contribution is 2.38. The third-order valence-electron chi connectivity index (χ3n) is 3.10. The van der Waals surface area contributed by atoms with E-state index in [1.807, 2.05) is 6.07 Å². The summed E-state index contributed by atoms with van der Waals surface area (Å²) in [5.74, 6) is 3.39. The highest BCUT2D eigenvalue weighted by atomic mass is 32.1. The summed E-state index contributed by atoms with van der Waals surface area (Å²) in [4.78, 5) is 9.19. The molecular weight excluding hydrogens is 256 g/mol. The van der Waals surface area contributed by atoms with E-state index >= 15 is 0 Å². The van der Waals surface area contributed by atoms with Crippen molar-refractivity contribution in [3.63, 3.8) is 0 Å². The summed E-state index contributed by atoms with van der Waals surface area (Å²) in [5.41, 5.74) is 1.29. The molecule has 1 fully saturated rings. The number of nitrogens with one attached hydrogen (secondary N) is 2. The molecule has 0 amide bonds. The molecule has 0 radical (unpaired) electrons. The van der Waals surface area contributed by atoms with Crippen molar-refractivity contribution in [3.8, 4) is 0 Å². The van der Waals surface area contributed by atoms with E-state index in [-0.39, 0.29) is 0 Å². The Labute approximate surface area is 117 Å². The molecular formula is C14H18N4S. The molecule has 0 saturated heterocycles. The van der Waals surface area contributed by atoms with Gasteiger partial charge in [-0.15, -0.1) is 0 Å². The van der Waals surface area contributed by atoms with E-state index in [9.17, 15) is 0 Å². The monoisotopic (exact) mass is 274 g/mol. The third kappa shape index (κ3) is 3.23. The van der Waals surface area contributed by atoms with Crippen LogP contribution in [0.15, 0.2) is 22.9 Å². The molecule has 1 aliphatic rings. The summed E-state index contributed by atoms with van der Waals surface area (Å²) in [6, 6.07) is 4.12. The molecule has 1 aliphatic carbocycles. The van der Waals surface area contributed by atoms with E-state index in [0.717, 1.165) is 30.5 Å². The molecule has 5 heteroatoms. The molecule has 2 N–H and O–H groups in total. The SMILES string of the molecule is CCNc1cc(NCc2ccsc2)nc(C2CC2)n1. The van der Waals surface area contributed by atoms with Gasteiger partial charge in [0.1, 0.15) is 17.5 Å². The largest absolute Gasteiger partial charge is 0.370 e. The van der Waals surface area contributed by atoms with E-state index in [1.54, 1.807) is 11.3 Å². The third-order valence-corrected chi connectivity index (χ3v) is 3.83. The first-order chi connectivity index (χ1) is 9.35. The molecule has 2 heterocycles. The van der Waals surface area contributed by atoms with Gasteiger partial charge in [0.25, 0.3) is 0 Å². The van der Waals surface area contributed by atoms with Crippen LogP contribution in [0.3, 0.4) is 0 Å². The van der Waals surface area contributed by atoms with Gasteiger partial charge in [-0.1, -0.05) is 0 Å². The predicted molar refractivity (Wildman–Crippen MR) is 79.8 cm³/mol. The molecule has 0 aliphatic heterocycles. The van der Waals surface area contributed by atoms with Gasteiger partial charge in [0, 0.05) is 25.1 Å². The fourth-order valence-corrected chi connectivity index (χ4v) is 2.61. The Hall–Kier alpha value is -1.62. The van der Waals surface area contributed by atoms with Crippen LogP contribution in [0.2, 0.25) is 0 Å². The minimum atomic E-state index is 0.570. The number of nitrogens with zero attached hydrogens (tertiary/aromatic N) is 2. The first kappa shape index (κ1) is 12.4. The highest BCUT2D eigenvalue weighted by Gasteiger charge is 2.27. The normalized spacial score (nSPS) is 14.4. The van der Waals surface area contributed by atoms with Gasteiger partial charge in [0.05, 0.1) is 0 Å². The molecule has 19 heavy (non-hydrogen) atoms. The average molecular weight is 274 g/mol. The molecule has 4 nitrogen and oxygen atoms in total. The standard InChI is InChI=1S/C14H18N4S/c1-2-15-12-7-13(16-8-10-5-6-19-9-10)18-14(17-12)11-3-4-11/h5-7,9,11H,2-4,8H2,1H3,(H2,15,16,17,18). The van der Waals surface area contributed by atoms with E-state index in [2.05, 4.69) is 44.4 Å². The van der Waals surface area contributed by atoms with E-state index in [4.69, 9.17) is 0 Å². The molecule has 0 spiro atoms. The van der Waals surface area contributed by atoms with Crippen molar-refractivity contribution in [2.24, 2.45) is 0 Å². The second-order valence-corrected chi connectivity index (χ2v) is 5.57. The minimum absolute atomic E-state index is 0.570. The molecule has 0 bridgehead atoms. The van der Waals surface area contributed by atoms with Crippen LogP contribution in [0.5, 0.6) is 0 Å². The smallest absolute Gasteiger partial charge is 0.136 e. The van der Waals surface area contributed by atoms with E-state index < -0.39 is 0 Å². The maximum atomic E-state index is 4.62. The fraction of sp³-hybridized carbons (Fsp3) is 0.429. The van der Waals surface area contributed by atoms with E-state index in [1.165, 1.54) is 18.4 Å². The second-order valence-electron chi connectivity index (χ2n) is 4.79. The van der Waals surface area contributed by atoms with Gasteiger partial charge >= 0.3 is 0 Å². The van der Waals surface area contributed by atoms with Gasteiger partial charge in [0.15, 0.2) is 0 Å². The van der Waals surface area contributed by atoms with Crippen LogP contribution >= 0.6 is 11.3 Å². The van der Waals surface area contributed by atoms with Gasteiger partial charge in [-0.2, -0.15) is 11.3 Å². The maximum absolute atomic E-state index is 4.62. The number of hydrogen-bond donors (Lipinski definition) is 2.